The zero-order chi connectivity index (χ0) is 21.4. The highest BCUT2D eigenvalue weighted by atomic mass is 16.1. The molecule has 2 N–H and O–H groups in total. The number of nitrogens with zero attached hydrogens (tertiary/aromatic N) is 1. The smallest absolute Gasteiger partial charge is 0.252 e. The van der Waals surface area contributed by atoms with Gasteiger partial charge in [0.05, 0.1) is 5.54 Å². The lowest BCUT2D eigenvalue weighted by Crippen LogP contribution is -2.67. The Hall–Kier alpha value is -2.59. The fraction of sp³-hybridized carbons (Fsp3) is 0.464. The van der Waals surface area contributed by atoms with E-state index < -0.39 is 0 Å². The number of carbonyl (C=O) groups is 1. The number of hydrogen-bond donors (Lipinski definition) is 2. The first kappa shape index (κ1) is 18.9. The Balaban J connectivity index is 1.21. The van der Waals surface area contributed by atoms with Crippen molar-refractivity contribution in [3.05, 3.63) is 63.5 Å². The van der Waals surface area contributed by atoms with Crippen LogP contribution in [0.15, 0.2) is 36.4 Å². The molecule has 4 heteroatoms. The summed E-state index contributed by atoms with van der Waals surface area (Å²) in [6.45, 7) is 4.15. The Kier molecular flexibility index (Phi) is 3.97. The molecule has 3 heterocycles. The summed E-state index contributed by atoms with van der Waals surface area (Å²) in [4.78, 5) is 16.0. The molecule has 0 aromatic heterocycles. The number of piperidine rings is 1. The van der Waals surface area contributed by atoms with Crippen molar-refractivity contribution in [1.29, 1.82) is 0 Å². The average Bonchev–Trinajstić information content (AvgIpc) is 3.44. The molecule has 2 unspecified atom stereocenters. The van der Waals surface area contributed by atoms with Crippen LogP contribution in [0.3, 0.4) is 0 Å². The zero-order valence-electron chi connectivity index (χ0n) is 18.8. The maximum atomic E-state index is 13.6. The van der Waals surface area contributed by atoms with Crippen LogP contribution >= 0.6 is 0 Å². The summed E-state index contributed by atoms with van der Waals surface area (Å²) in [6.07, 6.45) is 8.08. The van der Waals surface area contributed by atoms with Gasteiger partial charge in [-0.15, -0.1) is 0 Å². The monoisotopic (exact) mass is 425 g/mol. The molecule has 4 fully saturated rings. The highest BCUT2D eigenvalue weighted by Gasteiger charge is 2.48. The van der Waals surface area contributed by atoms with E-state index >= 15 is 0 Å². The van der Waals surface area contributed by atoms with E-state index in [1.165, 1.54) is 46.5 Å². The number of fused-ring (bicyclic) bond motifs is 2. The molecule has 164 valence electrons. The third kappa shape index (κ3) is 2.82. The van der Waals surface area contributed by atoms with E-state index in [2.05, 4.69) is 58.9 Å². The Bertz CT molecular complexity index is 1260. The second kappa shape index (κ2) is 6.71. The van der Waals surface area contributed by atoms with Crippen LogP contribution < -0.4 is 26.0 Å². The summed E-state index contributed by atoms with van der Waals surface area (Å²) in [7, 11) is 0. The number of rotatable bonds is 4. The Morgan fingerprint density at radius 1 is 1.06 bits per heavy atom. The van der Waals surface area contributed by atoms with Crippen LogP contribution in [0.4, 0.5) is 5.69 Å². The van der Waals surface area contributed by atoms with E-state index in [4.69, 9.17) is 0 Å². The fourth-order valence-electron chi connectivity index (χ4n) is 6.73. The zero-order valence-corrected chi connectivity index (χ0v) is 18.8. The first-order valence-electron chi connectivity index (χ1n) is 12.4. The Labute approximate surface area is 189 Å². The summed E-state index contributed by atoms with van der Waals surface area (Å²) >= 11 is 0. The van der Waals surface area contributed by atoms with Crippen molar-refractivity contribution in [3.63, 3.8) is 0 Å². The fourth-order valence-corrected chi connectivity index (χ4v) is 6.73. The van der Waals surface area contributed by atoms with E-state index in [1.807, 2.05) is 0 Å². The molecule has 3 aliphatic carbocycles. The van der Waals surface area contributed by atoms with Gasteiger partial charge in [-0.2, -0.15) is 0 Å². The highest BCUT2D eigenvalue weighted by Crippen LogP contribution is 2.46. The number of aryl methyl sites for hydroxylation is 2. The van der Waals surface area contributed by atoms with Crippen LogP contribution in [-0.2, 0) is 6.42 Å². The van der Waals surface area contributed by atoms with Crippen molar-refractivity contribution in [1.82, 2.24) is 10.6 Å². The third-order valence-electron chi connectivity index (χ3n) is 8.64. The van der Waals surface area contributed by atoms with Gasteiger partial charge in [0.1, 0.15) is 0 Å². The Morgan fingerprint density at radius 3 is 2.62 bits per heavy atom. The van der Waals surface area contributed by atoms with E-state index in [1.54, 1.807) is 5.57 Å². The lowest BCUT2D eigenvalue weighted by Gasteiger charge is -2.49. The lowest BCUT2D eigenvalue weighted by atomic mass is 9.88. The third-order valence-corrected chi connectivity index (χ3v) is 8.64. The molecule has 32 heavy (non-hydrogen) atoms. The molecule has 6 aliphatic rings. The minimum absolute atomic E-state index is 0.0944. The van der Waals surface area contributed by atoms with Crippen LogP contribution in [-0.4, -0.2) is 36.6 Å². The Morgan fingerprint density at radius 2 is 1.84 bits per heavy atom. The molecule has 0 radical (unpaired) electrons. The number of carbonyl (C=O) groups excluding carboxylic acids is 1. The van der Waals surface area contributed by atoms with Crippen molar-refractivity contribution >= 4 is 22.7 Å². The minimum atomic E-state index is -0.139. The maximum Gasteiger partial charge on any atom is 0.252 e. The molecule has 8 rings (SSSR count). The van der Waals surface area contributed by atoms with Crippen molar-refractivity contribution in [2.24, 2.45) is 0 Å². The van der Waals surface area contributed by atoms with E-state index in [0.717, 1.165) is 49.9 Å². The number of anilines is 1. The molecule has 2 atom stereocenters. The van der Waals surface area contributed by atoms with E-state index in [-0.39, 0.29) is 11.4 Å². The van der Waals surface area contributed by atoms with Crippen LogP contribution in [0.5, 0.6) is 0 Å². The topological polar surface area (TPSA) is 44.4 Å². The number of amides is 1. The van der Waals surface area contributed by atoms with Gasteiger partial charge < -0.3 is 15.5 Å². The molecule has 1 amide bonds. The number of benzene rings is 2. The second-order valence-electron chi connectivity index (χ2n) is 10.7. The summed E-state index contributed by atoms with van der Waals surface area (Å²) in [5, 5.41) is 10.1. The van der Waals surface area contributed by atoms with Crippen LogP contribution in [0.1, 0.15) is 60.0 Å². The number of piperazine rings is 1. The lowest BCUT2D eigenvalue weighted by molar-refractivity contribution is 0.0940. The number of nitrogens with one attached hydrogen (secondary N) is 2. The quantitative estimate of drug-likeness (QED) is 0.791. The van der Waals surface area contributed by atoms with Crippen molar-refractivity contribution in [2.75, 3.05) is 18.0 Å². The maximum absolute atomic E-state index is 13.6. The van der Waals surface area contributed by atoms with Gasteiger partial charge in [-0.1, -0.05) is 29.8 Å². The normalized spacial score (nSPS) is 26.5. The highest BCUT2D eigenvalue weighted by molar-refractivity contribution is 5.98. The predicted octanol–water partition coefficient (Wildman–Crippen LogP) is 2.55. The van der Waals surface area contributed by atoms with Gasteiger partial charge in [0.2, 0.25) is 0 Å². The summed E-state index contributed by atoms with van der Waals surface area (Å²) in [5.74, 6) is 0.0944. The molecule has 2 bridgehead atoms. The van der Waals surface area contributed by atoms with Gasteiger partial charge in [-0.05, 0) is 91.1 Å². The molecule has 1 saturated carbocycles. The molecule has 2 aromatic rings. The molecule has 3 saturated heterocycles. The van der Waals surface area contributed by atoms with Gasteiger partial charge in [-0.25, -0.2) is 0 Å². The van der Waals surface area contributed by atoms with E-state index in [9.17, 15) is 4.79 Å². The van der Waals surface area contributed by atoms with Gasteiger partial charge in [0, 0.05) is 36.4 Å². The average molecular weight is 426 g/mol. The molecule has 3 aliphatic heterocycles. The van der Waals surface area contributed by atoms with Crippen LogP contribution in [0.2, 0.25) is 0 Å². The summed E-state index contributed by atoms with van der Waals surface area (Å²) in [6, 6.07) is 14.5. The van der Waals surface area contributed by atoms with Crippen molar-refractivity contribution in [3.8, 4) is 0 Å². The first-order valence-corrected chi connectivity index (χ1v) is 12.4. The van der Waals surface area contributed by atoms with Crippen LogP contribution in [0.25, 0.3) is 11.1 Å². The molecular formula is C28H31N3O. The predicted molar refractivity (Wildman–Crippen MR) is 128 cm³/mol. The first-order chi connectivity index (χ1) is 15.6. The second-order valence-corrected chi connectivity index (χ2v) is 10.7. The van der Waals surface area contributed by atoms with E-state index in [0.29, 0.717) is 12.1 Å². The standard InChI is InChI=1S/C28H31N3O/c1-17-5-9-22(31-15-20-13-21(16-31)29-20)14-24(17)27(32)30-28(11-12-28)25-10-8-19-7-6-18-3-2-4-23(25)26(18)19/h2-5,9,14,20-21,29H,6-8,10-13,15-16H2,1H3,(H,30,32). The molecular weight excluding hydrogens is 394 g/mol. The van der Waals surface area contributed by atoms with Gasteiger partial charge in [0.15, 0.2) is 0 Å². The van der Waals surface area contributed by atoms with Crippen molar-refractivity contribution in [2.45, 2.75) is 69.5 Å². The largest absolute Gasteiger partial charge is 0.368 e. The minimum Gasteiger partial charge on any atom is -0.368 e. The van der Waals surface area contributed by atoms with Gasteiger partial charge in [-0.3, -0.25) is 4.79 Å². The van der Waals surface area contributed by atoms with Crippen molar-refractivity contribution < 1.29 is 4.79 Å². The molecule has 2 aromatic carbocycles. The summed E-state index contributed by atoms with van der Waals surface area (Å²) < 4.78 is 0. The number of hydrogen-bond acceptors (Lipinski definition) is 3. The summed E-state index contributed by atoms with van der Waals surface area (Å²) in [5.41, 5.74) is 7.57. The van der Waals surface area contributed by atoms with Crippen LogP contribution in [0, 0.1) is 6.92 Å². The SMILES string of the molecule is Cc1ccc(N2CC3CC(C2)N3)cc1C(=O)NC1(C2=c3cccc4c3=C(CC2)CC4)CC1. The van der Waals surface area contributed by atoms with Gasteiger partial charge in [0.25, 0.3) is 5.91 Å². The van der Waals surface area contributed by atoms with Gasteiger partial charge >= 0.3 is 0 Å². The molecule has 0 spiro atoms. The molecule has 4 nitrogen and oxygen atoms in total.